The van der Waals surface area contributed by atoms with E-state index in [-0.39, 0.29) is 11.3 Å². The van der Waals surface area contributed by atoms with E-state index < -0.39 is 23.7 Å². The van der Waals surface area contributed by atoms with Crippen LogP contribution in [0, 0.1) is 13.0 Å². The number of barbiturate groups is 1. The summed E-state index contributed by atoms with van der Waals surface area (Å²) in [4.78, 5) is 38.1. The van der Waals surface area contributed by atoms with Crippen molar-refractivity contribution in [3.05, 3.63) is 73.1 Å². The van der Waals surface area contributed by atoms with Crippen LogP contribution in [0.5, 0.6) is 5.75 Å². The summed E-state index contributed by atoms with van der Waals surface area (Å²) in [5.74, 6) is -1.41. The molecule has 6 nitrogen and oxygen atoms in total. The predicted molar refractivity (Wildman–Crippen MR) is 123 cm³/mol. The first kappa shape index (κ1) is 21.4. The van der Waals surface area contributed by atoms with Gasteiger partial charge in [0, 0.05) is 0 Å². The molecule has 1 N–H and O–H groups in total. The molecule has 0 atom stereocenters. The van der Waals surface area contributed by atoms with E-state index in [0.717, 1.165) is 24.2 Å². The molecule has 1 heterocycles. The van der Waals surface area contributed by atoms with Crippen LogP contribution in [-0.2, 0) is 9.59 Å². The molecular weight excluding hydrogens is 605 g/mol. The van der Waals surface area contributed by atoms with Gasteiger partial charge in [-0.05, 0) is 93.2 Å². The van der Waals surface area contributed by atoms with Crippen LogP contribution in [-0.4, -0.2) is 24.5 Å². The van der Waals surface area contributed by atoms with Gasteiger partial charge in [0.25, 0.3) is 11.8 Å². The maximum absolute atomic E-state index is 13.2. The molecule has 2 aromatic carbocycles. The zero-order valence-corrected chi connectivity index (χ0v) is 19.1. The molecule has 0 bridgehead atoms. The van der Waals surface area contributed by atoms with E-state index in [2.05, 4.69) is 57.1 Å². The molecule has 2 aromatic rings. The Hall–Kier alpha value is -2.28. The number of carbonyl (C=O) groups is 3. The molecule has 29 heavy (non-hydrogen) atoms. The number of hydrogen-bond acceptors (Lipinski definition) is 4. The largest absolute Gasteiger partial charge is 0.487 e. The van der Waals surface area contributed by atoms with Gasteiger partial charge in [-0.2, -0.15) is 0 Å². The van der Waals surface area contributed by atoms with Crippen LogP contribution in [0.15, 0.2) is 54.6 Å². The van der Waals surface area contributed by atoms with Gasteiger partial charge in [0.1, 0.15) is 23.7 Å². The Kier molecular flexibility index (Phi) is 6.67. The fourth-order valence-electron chi connectivity index (χ4n) is 2.59. The lowest BCUT2D eigenvalue weighted by molar-refractivity contribution is -0.122. The Morgan fingerprint density at radius 2 is 1.72 bits per heavy atom. The molecule has 0 radical (unpaired) electrons. The van der Waals surface area contributed by atoms with Crippen molar-refractivity contribution < 1.29 is 23.5 Å². The average Bonchev–Trinajstić information content (AvgIpc) is 2.66. The normalized spacial score (nSPS) is 15.5. The second-order valence-corrected chi connectivity index (χ2v) is 8.17. The standard InChI is InChI=1S/C20H13FI2N2O4/c1-2-7-29-17-15(22)9-11(10-16(17)23)8-14-18(26)24-20(28)25(19(14)27)13-5-3-12(21)4-6-13/h2-6,8-10H,1,7H2,(H,24,26,28)/b14-8+. The summed E-state index contributed by atoms with van der Waals surface area (Å²) in [6.45, 7) is 3.96. The summed E-state index contributed by atoms with van der Waals surface area (Å²) < 4.78 is 20.4. The van der Waals surface area contributed by atoms with E-state index in [1.165, 1.54) is 18.2 Å². The lowest BCUT2D eigenvalue weighted by atomic mass is 10.1. The number of urea groups is 1. The summed E-state index contributed by atoms with van der Waals surface area (Å²) in [5, 5.41) is 2.14. The summed E-state index contributed by atoms with van der Waals surface area (Å²) in [6, 6.07) is 7.46. The van der Waals surface area contributed by atoms with Crippen LogP contribution in [0.1, 0.15) is 5.56 Å². The first-order valence-corrected chi connectivity index (χ1v) is 10.4. The Morgan fingerprint density at radius 1 is 1.10 bits per heavy atom. The van der Waals surface area contributed by atoms with E-state index in [1.807, 2.05) is 0 Å². The summed E-state index contributed by atoms with van der Waals surface area (Å²) in [7, 11) is 0. The van der Waals surface area contributed by atoms with E-state index in [0.29, 0.717) is 17.9 Å². The van der Waals surface area contributed by atoms with Crippen LogP contribution in [0.4, 0.5) is 14.9 Å². The number of halogens is 3. The molecule has 9 heteroatoms. The first-order chi connectivity index (χ1) is 13.8. The Labute approximate surface area is 193 Å². The second kappa shape index (κ2) is 9.03. The number of benzene rings is 2. The fraction of sp³-hybridized carbons (Fsp3) is 0.0500. The molecule has 1 aliphatic heterocycles. The highest BCUT2D eigenvalue weighted by molar-refractivity contribution is 14.1. The van der Waals surface area contributed by atoms with Crippen molar-refractivity contribution in [1.82, 2.24) is 5.32 Å². The van der Waals surface area contributed by atoms with Gasteiger partial charge >= 0.3 is 6.03 Å². The quantitative estimate of drug-likeness (QED) is 0.235. The van der Waals surface area contributed by atoms with Gasteiger partial charge < -0.3 is 4.74 Å². The third-order valence-corrected chi connectivity index (χ3v) is 5.47. The van der Waals surface area contributed by atoms with Gasteiger partial charge in [-0.15, -0.1) is 0 Å². The average molecular weight is 618 g/mol. The molecule has 0 spiro atoms. The fourth-order valence-corrected chi connectivity index (χ4v) is 4.72. The number of nitrogens with zero attached hydrogens (tertiary/aromatic N) is 1. The number of ether oxygens (including phenoxy) is 1. The molecule has 0 aromatic heterocycles. The summed E-state index contributed by atoms with van der Waals surface area (Å²) in [6.07, 6.45) is 3.04. The number of nitrogens with one attached hydrogen (secondary N) is 1. The molecule has 3 rings (SSSR count). The van der Waals surface area contributed by atoms with Gasteiger partial charge in [0.15, 0.2) is 0 Å². The second-order valence-electron chi connectivity index (χ2n) is 5.85. The molecule has 0 saturated carbocycles. The number of rotatable bonds is 5. The minimum Gasteiger partial charge on any atom is -0.487 e. The summed E-state index contributed by atoms with van der Waals surface area (Å²) >= 11 is 4.19. The van der Waals surface area contributed by atoms with Crippen molar-refractivity contribution in [2.24, 2.45) is 0 Å². The molecule has 148 valence electrons. The molecule has 4 amide bonds. The summed E-state index contributed by atoms with van der Waals surface area (Å²) in [5.41, 5.74) is 0.543. The van der Waals surface area contributed by atoms with Crippen LogP contribution in [0.2, 0.25) is 0 Å². The zero-order chi connectivity index (χ0) is 21.1. The SMILES string of the molecule is C=CCOc1c(I)cc(/C=C2\C(=O)NC(=O)N(c3ccc(F)cc3)C2=O)cc1I. The Balaban J connectivity index is 1.98. The maximum Gasteiger partial charge on any atom is 0.335 e. The van der Waals surface area contributed by atoms with E-state index >= 15 is 0 Å². The topological polar surface area (TPSA) is 75.7 Å². The Morgan fingerprint density at radius 3 is 2.31 bits per heavy atom. The zero-order valence-electron chi connectivity index (χ0n) is 14.7. The highest BCUT2D eigenvalue weighted by atomic mass is 127. The smallest absolute Gasteiger partial charge is 0.335 e. The Bertz CT molecular complexity index is 1030. The number of hydrogen-bond donors (Lipinski definition) is 1. The van der Waals surface area contributed by atoms with Crippen LogP contribution < -0.4 is 15.0 Å². The van der Waals surface area contributed by atoms with Gasteiger partial charge in [0.05, 0.1) is 12.8 Å². The predicted octanol–water partition coefficient (Wildman–Crippen LogP) is 4.27. The van der Waals surface area contributed by atoms with Crippen LogP contribution in [0.3, 0.4) is 0 Å². The minimum absolute atomic E-state index is 0.157. The highest BCUT2D eigenvalue weighted by Crippen LogP contribution is 2.30. The van der Waals surface area contributed by atoms with Gasteiger partial charge in [-0.25, -0.2) is 14.1 Å². The molecule has 0 aliphatic carbocycles. The maximum atomic E-state index is 13.2. The third-order valence-electron chi connectivity index (χ3n) is 3.86. The van der Waals surface area contributed by atoms with Gasteiger partial charge in [-0.3, -0.25) is 14.9 Å². The third kappa shape index (κ3) is 4.66. The molecule has 1 aliphatic rings. The lowest BCUT2D eigenvalue weighted by Gasteiger charge is -2.26. The lowest BCUT2D eigenvalue weighted by Crippen LogP contribution is -2.54. The van der Waals surface area contributed by atoms with Crippen molar-refractivity contribution >= 4 is 74.8 Å². The van der Waals surface area contributed by atoms with Gasteiger partial charge in [0.2, 0.25) is 0 Å². The molecule has 1 fully saturated rings. The number of anilines is 1. The molecule has 0 unspecified atom stereocenters. The van der Waals surface area contributed by atoms with Crippen LogP contribution in [0.25, 0.3) is 6.08 Å². The monoisotopic (exact) mass is 618 g/mol. The van der Waals surface area contributed by atoms with Crippen molar-refractivity contribution in [2.45, 2.75) is 0 Å². The van der Waals surface area contributed by atoms with Gasteiger partial charge in [-0.1, -0.05) is 12.7 Å². The number of amides is 4. The van der Waals surface area contributed by atoms with Crippen molar-refractivity contribution in [3.63, 3.8) is 0 Å². The molecular formula is C20H13FI2N2O4. The minimum atomic E-state index is -0.888. The molecule has 1 saturated heterocycles. The van der Waals surface area contributed by atoms with Crippen molar-refractivity contribution in [1.29, 1.82) is 0 Å². The highest BCUT2D eigenvalue weighted by Gasteiger charge is 2.36. The van der Waals surface area contributed by atoms with Crippen LogP contribution >= 0.6 is 45.2 Å². The van der Waals surface area contributed by atoms with E-state index in [9.17, 15) is 18.8 Å². The van der Waals surface area contributed by atoms with E-state index in [4.69, 9.17) is 4.74 Å². The van der Waals surface area contributed by atoms with Crippen molar-refractivity contribution in [3.8, 4) is 5.75 Å². The first-order valence-electron chi connectivity index (χ1n) is 8.21. The number of carbonyl (C=O) groups excluding carboxylic acids is 3. The van der Waals surface area contributed by atoms with Crippen molar-refractivity contribution in [2.75, 3.05) is 11.5 Å². The number of imide groups is 2. The van der Waals surface area contributed by atoms with E-state index in [1.54, 1.807) is 18.2 Å².